The van der Waals surface area contributed by atoms with Gasteiger partial charge in [-0.15, -0.1) is 0 Å². The second-order valence-electron chi connectivity index (χ2n) is 4.94. The van der Waals surface area contributed by atoms with Gasteiger partial charge < -0.3 is 5.73 Å². The Hall–Kier alpha value is -2.69. The Labute approximate surface area is 122 Å². The van der Waals surface area contributed by atoms with Crippen molar-refractivity contribution in [3.05, 3.63) is 54.1 Å². The zero-order valence-corrected chi connectivity index (χ0v) is 11.8. The van der Waals surface area contributed by atoms with E-state index in [0.717, 1.165) is 11.1 Å². The van der Waals surface area contributed by atoms with Crippen molar-refractivity contribution >= 4 is 5.82 Å². The molecule has 5 heteroatoms. The summed E-state index contributed by atoms with van der Waals surface area (Å²) in [5.41, 5.74) is 9.71. The van der Waals surface area contributed by atoms with Crippen molar-refractivity contribution in [2.45, 2.75) is 6.92 Å². The van der Waals surface area contributed by atoms with Gasteiger partial charge in [-0.3, -0.25) is 9.67 Å². The van der Waals surface area contributed by atoms with Gasteiger partial charge in [0.25, 0.3) is 0 Å². The first kappa shape index (κ1) is 13.3. The maximum Gasteiger partial charge on any atom is 0.129 e. The molecule has 0 unspecified atom stereocenters. The molecule has 0 spiro atoms. The number of pyridine rings is 1. The fourth-order valence-electron chi connectivity index (χ4n) is 2.27. The number of hydrogen-bond donors (Lipinski definition) is 1. The fourth-order valence-corrected chi connectivity index (χ4v) is 2.27. The Morgan fingerprint density at radius 2 is 2.00 bits per heavy atom. The van der Waals surface area contributed by atoms with Gasteiger partial charge in [0.2, 0.25) is 0 Å². The summed E-state index contributed by atoms with van der Waals surface area (Å²) in [5, 5.41) is 4.42. The molecule has 0 saturated heterocycles. The standard InChI is InChI=1S/C16H15FN4/c1-10-5-6-11(8-13(10)17)15-14(16(18)21(2)20-15)12-4-3-7-19-9-12/h3-9H,18H2,1-2H3. The molecule has 3 aromatic rings. The molecule has 2 N–H and O–H groups in total. The molecule has 0 aliphatic carbocycles. The van der Waals surface area contributed by atoms with Crippen molar-refractivity contribution in [1.82, 2.24) is 14.8 Å². The molecule has 2 heterocycles. The van der Waals surface area contributed by atoms with Gasteiger partial charge in [-0.1, -0.05) is 18.2 Å². The van der Waals surface area contributed by atoms with E-state index in [2.05, 4.69) is 10.1 Å². The summed E-state index contributed by atoms with van der Waals surface area (Å²) in [4.78, 5) is 4.11. The Morgan fingerprint density at radius 3 is 2.67 bits per heavy atom. The number of nitrogens with two attached hydrogens (primary N) is 1. The Morgan fingerprint density at radius 1 is 1.19 bits per heavy atom. The Kier molecular flexibility index (Phi) is 3.17. The molecular formula is C16H15FN4. The van der Waals surface area contributed by atoms with E-state index in [1.807, 2.05) is 18.2 Å². The van der Waals surface area contributed by atoms with Crippen molar-refractivity contribution in [2.75, 3.05) is 5.73 Å². The van der Waals surface area contributed by atoms with Gasteiger partial charge >= 0.3 is 0 Å². The number of anilines is 1. The minimum absolute atomic E-state index is 0.256. The minimum atomic E-state index is -0.256. The third-order valence-corrected chi connectivity index (χ3v) is 3.49. The molecule has 0 aliphatic rings. The fraction of sp³-hybridized carbons (Fsp3) is 0.125. The van der Waals surface area contributed by atoms with Crippen LogP contribution >= 0.6 is 0 Å². The smallest absolute Gasteiger partial charge is 0.129 e. The first-order chi connectivity index (χ1) is 10.1. The van der Waals surface area contributed by atoms with E-state index in [0.29, 0.717) is 22.6 Å². The highest BCUT2D eigenvalue weighted by Gasteiger charge is 2.18. The minimum Gasteiger partial charge on any atom is -0.383 e. The molecule has 0 saturated carbocycles. The summed E-state index contributed by atoms with van der Waals surface area (Å²) in [6.07, 6.45) is 3.42. The lowest BCUT2D eigenvalue weighted by atomic mass is 10.0. The van der Waals surface area contributed by atoms with Crippen LogP contribution in [0.1, 0.15) is 5.56 Å². The Balaban J connectivity index is 2.24. The molecule has 4 nitrogen and oxygen atoms in total. The van der Waals surface area contributed by atoms with Crippen LogP contribution in [-0.4, -0.2) is 14.8 Å². The highest BCUT2D eigenvalue weighted by atomic mass is 19.1. The van der Waals surface area contributed by atoms with Crippen LogP contribution in [-0.2, 0) is 7.05 Å². The van der Waals surface area contributed by atoms with Gasteiger partial charge in [0.15, 0.2) is 0 Å². The quantitative estimate of drug-likeness (QED) is 0.785. The summed E-state index contributed by atoms with van der Waals surface area (Å²) in [5.74, 6) is 0.271. The van der Waals surface area contributed by atoms with Gasteiger partial charge in [0.1, 0.15) is 17.3 Å². The first-order valence-corrected chi connectivity index (χ1v) is 6.57. The molecule has 0 atom stereocenters. The highest BCUT2D eigenvalue weighted by molar-refractivity contribution is 5.87. The molecule has 0 radical (unpaired) electrons. The molecular weight excluding hydrogens is 267 g/mol. The van der Waals surface area contributed by atoms with Crippen LogP contribution in [0.4, 0.5) is 10.2 Å². The predicted molar refractivity (Wildman–Crippen MR) is 81.0 cm³/mol. The average molecular weight is 282 g/mol. The van der Waals surface area contributed by atoms with E-state index in [1.54, 1.807) is 37.1 Å². The van der Waals surface area contributed by atoms with Crippen LogP contribution < -0.4 is 5.73 Å². The van der Waals surface area contributed by atoms with Crippen molar-refractivity contribution in [3.8, 4) is 22.4 Å². The van der Waals surface area contributed by atoms with Crippen molar-refractivity contribution in [3.63, 3.8) is 0 Å². The summed E-state index contributed by atoms with van der Waals surface area (Å²) in [6, 6.07) is 8.81. The average Bonchev–Trinajstić information content (AvgIpc) is 2.79. The number of nitrogen functional groups attached to an aromatic ring is 1. The number of hydrogen-bond acceptors (Lipinski definition) is 3. The zero-order chi connectivity index (χ0) is 15.0. The summed E-state index contributed by atoms with van der Waals surface area (Å²) in [6.45, 7) is 1.73. The van der Waals surface area contributed by atoms with Gasteiger partial charge in [0.05, 0.1) is 5.56 Å². The third-order valence-electron chi connectivity index (χ3n) is 3.49. The molecule has 2 aromatic heterocycles. The number of aromatic nitrogens is 3. The lowest BCUT2D eigenvalue weighted by Crippen LogP contribution is -1.98. The Bertz CT molecular complexity index is 794. The van der Waals surface area contributed by atoms with E-state index < -0.39 is 0 Å². The van der Waals surface area contributed by atoms with Gasteiger partial charge in [-0.25, -0.2) is 4.39 Å². The first-order valence-electron chi connectivity index (χ1n) is 6.57. The third kappa shape index (κ3) is 2.27. The number of aryl methyl sites for hydroxylation is 2. The molecule has 21 heavy (non-hydrogen) atoms. The molecule has 0 amide bonds. The van der Waals surface area contributed by atoms with E-state index in [-0.39, 0.29) is 5.82 Å². The summed E-state index contributed by atoms with van der Waals surface area (Å²) >= 11 is 0. The molecule has 3 rings (SSSR count). The lowest BCUT2D eigenvalue weighted by Gasteiger charge is -2.05. The van der Waals surface area contributed by atoms with E-state index in [1.165, 1.54) is 6.07 Å². The normalized spacial score (nSPS) is 10.8. The lowest BCUT2D eigenvalue weighted by molar-refractivity contribution is 0.619. The molecule has 0 aliphatic heterocycles. The van der Waals surface area contributed by atoms with Crippen LogP contribution in [0.25, 0.3) is 22.4 Å². The van der Waals surface area contributed by atoms with Crippen molar-refractivity contribution in [2.24, 2.45) is 7.05 Å². The van der Waals surface area contributed by atoms with Gasteiger partial charge in [0, 0.05) is 30.6 Å². The predicted octanol–water partition coefficient (Wildman–Crippen LogP) is 3.18. The molecule has 1 aromatic carbocycles. The van der Waals surface area contributed by atoms with E-state index in [4.69, 9.17) is 5.73 Å². The highest BCUT2D eigenvalue weighted by Crippen LogP contribution is 2.35. The van der Waals surface area contributed by atoms with E-state index in [9.17, 15) is 4.39 Å². The molecule has 106 valence electrons. The summed E-state index contributed by atoms with van der Waals surface area (Å²) < 4.78 is 15.4. The zero-order valence-electron chi connectivity index (χ0n) is 11.8. The van der Waals surface area contributed by atoms with E-state index >= 15 is 0 Å². The maximum absolute atomic E-state index is 13.8. The van der Waals surface area contributed by atoms with Crippen molar-refractivity contribution < 1.29 is 4.39 Å². The number of halogens is 1. The second-order valence-corrected chi connectivity index (χ2v) is 4.94. The van der Waals surface area contributed by atoms with Crippen LogP contribution in [0.3, 0.4) is 0 Å². The number of rotatable bonds is 2. The van der Waals surface area contributed by atoms with Crippen molar-refractivity contribution in [1.29, 1.82) is 0 Å². The monoisotopic (exact) mass is 282 g/mol. The maximum atomic E-state index is 13.8. The van der Waals surface area contributed by atoms with Crippen LogP contribution in [0.15, 0.2) is 42.7 Å². The topological polar surface area (TPSA) is 56.7 Å². The number of benzene rings is 1. The largest absolute Gasteiger partial charge is 0.383 e. The van der Waals surface area contributed by atoms with Crippen LogP contribution in [0, 0.1) is 12.7 Å². The van der Waals surface area contributed by atoms with Crippen LogP contribution in [0.2, 0.25) is 0 Å². The molecule has 0 fully saturated rings. The second kappa shape index (κ2) is 5.01. The van der Waals surface area contributed by atoms with Gasteiger partial charge in [-0.2, -0.15) is 5.10 Å². The summed E-state index contributed by atoms with van der Waals surface area (Å²) in [7, 11) is 1.77. The van der Waals surface area contributed by atoms with Gasteiger partial charge in [-0.05, 0) is 24.6 Å². The number of nitrogens with zero attached hydrogens (tertiary/aromatic N) is 3. The van der Waals surface area contributed by atoms with Crippen LogP contribution in [0.5, 0.6) is 0 Å². The molecule has 0 bridgehead atoms. The SMILES string of the molecule is Cc1ccc(-c2nn(C)c(N)c2-c2cccnc2)cc1F.